The maximum atomic E-state index is 13.4. The summed E-state index contributed by atoms with van der Waals surface area (Å²) < 4.78 is 13.4. The summed E-state index contributed by atoms with van der Waals surface area (Å²) in [5.74, 6) is -1.45. The number of hydrogen-bond donors (Lipinski definition) is 3. The van der Waals surface area contributed by atoms with E-state index in [1.54, 1.807) is 0 Å². The van der Waals surface area contributed by atoms with Crippen LogP contribution in [0.1, 0.15) is 66.4 Å². The molecule has 3 N–H and O–H groups in total. The van der Waals surface area contributed by atoms with E-state index in [0.29, 0.717) is 37.1 Å². The van der Waals surface area contributed by atoms with Crippen molar-refractivity contribution in [3.8, 4) is 0 Å². The maximum Gasteiger partial charge on any atom is 0.272 e. The summed E-state index contributed by atoms with van der Waals surface area (Å²) in [5.41, 5.74) is 0.455. The van der Waals surface area contributed by atoms with Crippen molar-refractivity contribution in [1.29, 1.82) is 0 Å². The lowest BCUT2D eigenvalue weighted by molar-refractivity contribution is -0.125. The Morgan fingerprint density at radius 3 is 2.50 bits per heavy atom. The van der Waals surface area contributed by atoms with Gasteiger partial charge in [0.1, 0.15) is 11.5 Å². The number of nitrogens with zero attached hydrogens (tertiary/aromatic N) is 3. The molecular formula is C23H24ClFN6O3. The van der Waals surface area contributed by atoms with Crippen molar-refractivity contribution in [2.45, 2.75) is 57.5 Å². The number of benzene rings is 1. The van der Waals surface area contributed by atoms with Crippen LogP contribution in [-0.2, 0) is 4.79 Å². The predicted molar refractivity (Wildman–Crippen MR) is 123 cm³/mol. The summed E-state index contributed by atoms with van der Waals surface area (Å²) in [7, 11) is 0. The maximum absolute atomic E-state index is 13.4. The fraction of sp³-hybridized carbons (Fsp3) is 0.435. The van der Waals surface area contributed by atoms with E-state index in [9.17, 15) is 18.8 Å². The van der Waals surface area contributed by atoms with Crippen LogP contribution in [0.25, 0.3) is 0 Å². The van der Waals surface area contributed by atoms with Crippen LogP contribution in [0.4, 0.5) is 10.1 Å². The van der Waals surface area contributed by atoms with E-state index < -0.39 is 17.1 Å². The molecule has 1 spiro atoms. The molecule has 34 heavy (non-hydrogen) atoms. The first-order chi connectivity index (χ1) is 16.3. The van der Waals surface area contributed by atoms with Crippen molar-refractivity contribution < 1.29 is 18.8 Å². The highest BCUT2D eigenvalue weighted by molar-refractivity contribution is 6.34. The number of hydrazone groups is 1. The predicted octanol–water partition coefficient (Wildman–Crippen LogP) is 3.18. The second-order valence-corrected chi connectivity index (χ2v) is 9.51. The lowest BCUT2D eigenvalue weighted by Crippen LogP contribution is -2.47. The molecule has 9 nitrogen and oxygen atoms in total. The number of aromatic amines is 1. The summed E-state index contributed by atoms with van der Waals surface area (Å²) in [6.07, 6.45) is 5.33. The van der Waals surface area contributed by atoms with Crippen molar-refractivity contribution in [3.63, 3.8) is 0 Å². The topological polar surface area (TPSA) is 120 Å². The van der Waals surface area contributed by atoms with Crippen molar-refractivity contribution in [2.75, 3.05) is 5.01 Å². The minimum atomic E-state index is -0.776. The summed E-state index contributed by atoms with van der Waals surface area (Å²) in [4.78, 5) is 45.3. The number of halogens is 2. The molecule has 2 saturated carbocycles. The van der Waals surface area contributed by atoms with Gasteiger partial charge in [-0.05, 0) is 63.6 Å². The zero-order chi connectivity index (χ0) is 24.0. The first kappa shape index (κ1) is 22.5. The van der Waals surface area contributed by atoms with Gasteiger partial charge in [-0.1, -0.05) is 11.6 Å². The standard InChI is InChI=1S/C23H24ClFN6O3/c1-12-23(22(34)31(30-12)17-5-2-13(25)10-16(17)24)8-6-15(7-9-23)29-21(33)19-18(26-11-27-19)20(32)28-14-3-4-14/h2,5,10-11,14-15H,3-4,6-9H2,1H3,(H,26,27)(H,28,32)(H,29,33)/t15-,23-. The number of rotatable bonds is 5. The highest BCUT2D eigenvalue weighted by Gasteiger charge is 2.51. The van der Waals surface area contributed by atoms with Crippen LogP contribution >= 0.6 is 11.6 Å². The SMILES string of the molecule is CC1=NN(c2ccc(F)cc2Cl)C(=O)[C@]12CC[C@H](NC(=O)c1[nH]cnc1C(=O)NC1CC1)CC2. The molecule has 3 aliphatic rings. The summed E-state index contributed by atoms with van der Waals surface area (Å²) >= 11 is 6.16. The third-order valence-electron chi connectivity index (χ3n) is 6.85. The molecule has 0 atom stereocenters. The Kier molecular flexibility index (Phi) is 5.63. The number of aromatic nitrogens is 2. The second kappa shape index (κ2) is 8.50. The fourth-order valence-electron chi connectivity index (χ4n) is 4.67. The number of carbonyl (C=O) groups is 3. The van der Waals surface area contributed by atoms with E-state index in [1.807, 2.05) is 6.92 Å². The van der Waals surface area contributed by atoms with Gasteiger partial charge < -0.3 is 15.6 Å². The number of nitrogens with one attached hydrogen (secondary N) is 3. The molecular weight excluding hydrogens is 463 g/mol. The van der Waals surface area contributed by atoms with Crippen molar-refractivity contribution in [2.24, 2.45) is 10.5 Å². The lowest BCUT2D eigenvalue weighted by Gasteiger charge is -2.36. The third-order valence-corrected chi connectivity index (χ3v) is 7.15. The minimum absolute atomic E-state index is 0.0810. The first-order valence-corrected chi connectivity index (χ1v) is 11.7. The van der Waals surface area contributed by atoms with E-state index >= 15 is 0 Å². The van der Waals surface area contributed by atoms with Crippen LogP contribution in [0.2, 0.25) is 5.02 Å². The Morgan fingerprint density at radius 2 is 1.82 bits per heavy atom. The van der Waals surface area contributed by atoms with Gasteiger partial charge in [-0.25, -0.2) is 9.37 Å². The van der Waals surface area contributed by atoms with Gasteiger partial charge >= 0.3 is 0 Å². The molecule has 1 aliphatic heterocycles. The molecule has 5 rings (SSSR count). The van der Waals surface area contributed by atoms with Crippen LogP contribution in [0.15, 0.2) is 29.6 Å². The number of amides is 3. The minimum Gasteiger partial charge on any atom is -0.348 e. The highest BCUT2D eigenvalue weighted by Crippen LogP contribution is 2.45. The van der Waals surface area contributed by atoms with Crippen LogP contribution in [-0.4, -0.2) is 45.5 Å². The Morgan fingerprint density at radius 1 is 1.15 bits per heavy atom. The zero-order valence-electron chi connectivity index (χ0n) is 18.5. The van der Waals surface area contributed by atoms with E-state index in [-0.39, 0.29) is 40.3 Å². The van der Waals surface area contributed by atoms with Gasteiger partial charge in [0, 0.05) is 12.1 Å². The number of imidazole rings is 1. The van der Waals surface area contributed by atoms with Gasteiger partial charge in [-0.2, -0.15) is 10.1 Å². The van der Waals surface area contributed by atoms with E-state index in [1.165, 1.54) is 23.5 Å². The number of carbonyl (C=O) groups excluding carboxylic acids is 3. The van der Waals surface area contributed by atoms with Gasteiger partial charge in [0.15, 0.2) is 5.69 Å². The Labute approximate surface area is 200 Å². The van der Waals surface area contributed by atoms with E-state index in [4.69, 9.17) is 11.6 Å². The summed E-state index contributed by atoms with van der Waals surface area (Å²) in [6.45, 7) is 1.81. The van der Waals surface area contributed by atoms with Crippen molar-refractivity contribution in [3.05, 3.63) is 46.8 Å². The average molecular weight is 487 g/mol. The van der Waals surface area contributed by atoms with Gasteiger partial charge in [0.2, 0.25) is 0 Å². The molecule has 3 amide bonds. The Hall–Kier alpha value is -3.27. The van der Waals surface area contributed by atoms with Gasteiger partial charge in [0.05, 0.1) is 28.2 Å². The quantitative estimate of drug-likeness (QED) is 0.601. The Balaban J connectivity index is 1.24. The molecule has 178 valence electrons. The van der Waals surface area contributed by atoms with Gasteiger partial charge in [0.25, 0.3) is 17.7 Å². The van der Waals surface area contributed by atoms with E-state index in [0.717, 1.165) is 18.9 Å². The second-order valence-electron chi connectivity index (χ2n) is 9.10. The largest absolute Gasteiger partial charge is 0.348 e. The zero-order valence-corrected chi connectivity index (χ0v) is 19.3. The van der Waals surface area contributed by atoms with Crippen LogP contribution in [0.3, 0.4) is 0 Å². The fourth-order valence-corrected chi connectivity index (χ4v) is 4.92. The molecule has 1 aromatic carbocycles. The average Bonchev–Trinajstić information content (AvgIpc) is 3.41. The molecule has 0 unspecified atom stereocenters. The van der Waals surface area contributed by atoms with Gasteiger partial charge in [-0.3, -0.25) is 14.4 Å². The molecule has 11 heteroatoms. The highest BCUT2D eigenvalue weighted by atomic mass is 35.5. The van der Waals surface area contributed by atoms with Crippen molar-refractivity contribution >= 4 is 40.7 Å². The van der Waals surface area contributed by atoms with Crippen LogP contribution in [0, 0.1) is 11.2 Å². The van der Waals surface area contributed by atoms with Crippen LogP contribution < -0.4 is 15.6 Å². The summed E-state index contributed by atoms with van der Waals surface area (Å²) in [5, 5.41) is 11.6. The molecule has 1 aromatic heterocycles. The lowest BCUT2D eigenvalue weighted by atomic mass is 9.69. The molecule has 0 saturated heterocycles. The Bertz CT molecular complexity index is 1200. The number of hydrogen-bond acceptors (Lipinski definition) is 5. The van der Waals surface area contributed by atoms with E-state index in [2.05, 4.69) is 25.7 Å². The third kappa shape index (κ3) is 3.96. The molecule has 0 radical (unpaired) electrons. The molecule has 2 heterocycles. The summed E-state index contributed by atoms with van der Waals surface area (Å²) in [6, 6.07) is 3.84. The molecule has 2 aromatic rings. The smallest absolute Gasteiger partial charge is 0.272 e. The van der Waals surface area contributed by atoms with Crippen LogP contribution in [0.5, 0.6) is 0 Å². The normalized spacial score (nSPS) is 24.3. The number of anilines is 1. The molecule has 0 bridgehead atoms. The van der Waals surface area contributed by atoms with Crippen molar-refractivity contribution in [1.82, 2.24) is 20.6 Å². The van der Waals surface area contributed by atoms with Gasteiger partial charge in [-0.15, -0.1) is 0 Å². The monoisotopic (exact) mass is 486 g/mol. The number of H-pyrrole nitrogens is 1. The first-order valence-electron chi connectivity index (χ1n) is 11.3. The molecule has 2 fully saturated rings. The molecule has 2 aliphatic carbocycles.